The number of thiophene rings is 1. The summed E-state index contributed by atoms with van der Waals surface area (Å²) < 4.78 is 0. The second-order valence-corrected chi connectivity index (χ2v) is 8.29. The first-order valence-electron chi connectivity index (χ1n) is 8.07. The maximum Gasteiger partial charge on any atom is 0.230 e. The zero-order valence-corrected chi connectivity index (χ0v) is 15.9. The van der Waals surface area contributed by atoms with Crippen LogP contribution in [0.15, 0.2) is 35.7 Å². The van der Waals surface area contributed by atoms with Crippen LogP contribution in [0, 0.1) is 0 Å². The minimum atomic E-state index is 0.107. The van der Waals surface area contributed by atoms with Gasteiger partial charge in [0.2, 0.25) is 5.91 Å². The largest absolute Gasteiger partial charge is 0.354 e. The Morgan fingerprint density at radius 3 is 3.17 bits per heavy atom. The Morgan fingerprint density at radius 1 is 1.38 bits per heavy atom. The van der Waals surface area contributed by atoms with Crippen LogP contribution in [0.2, 0.25) is 5.02 Å². The smallest absolute Gasteiger partial charge is 0.230 e. The lowest BCUT2D eigenvalue weighted by molar-refractivity contribution is -0.118. The van der Waals surface area contributed by atoms with Crippen LogP contribution in [0.1, 0.15) is 16.0 Å². The number of rotatable bonds is 7. The van der Waals surface area contributed by atoms with Gasteiger partial charge in [-0.05, 0) is 41.1 Å². The summed E-state index contributed by atoms with van der Waals surface area (Å²) in [6, 6.07) is 10.0. The summed E-state index contributed by atoms with van der Waals surface area (Å²) in [5, 5.41) is 5.94. The van der Waals surface area contributed by atoms with Crippen molar-refractivity contribution in [1.29, 1.82) is 0 Å². The normalized spacial score (nSPS) is 14.4. The molecule has 0 fully saturated rings. The standard InChI is InChI=1S/C18H21ClN2OS2/c19-16-3-1-2-14(10-16)12-23-13-18(22)20-6-8-21-7-4-17-15(11-21)5-9-24-17/h1-3,5,9-10H,4,6-8,11-13H2,(H,20,22). The Hall–Kier alpha value is -1.01. The van der Waals surface area contributed by atoms with Crippen molar-refractivity contribution in [1.82, 2.24) is 10.2 Å². The van der Waals surface area contributed by atoms with E-state index in [2.05, 4.69) is 21.7 Å². The third-order valence-electron chi connectivity index (χ3n) is 4.03. The topological polar surface area (TPSA) is 32.3 Å². The molecule has 1 amide bonds. The van der Waals surface area contributed by atoms with Crippen molar-refractivity contribution < 1.29 is 4.79 Å². The van der Waals surface area contributed by atoms with Gasteiger partial charge in [0.05, 0.1) is 5.75 Å². The minimum Gasteiger partial charge on any atom is -0.354 e. The van der Waals surface area contributed by atoms with Gasteiger partial charge in [-0.3, -0.25) is 9.69 Å². The van der Waals surface area contributed by atoms with Crippen LogP contribution in [0.4, 0.5) is 0 Å². The van der Waals surface area contributed by atoms with Crippen LogP contribution in [0.5, 0.6) is 0 Å². The zero-order valence-electron chi connectivity index (χ0n) is 13.5. The predicted octanol–water partition coefficient (Wildman–Crippen LogP) is 3.81. The first kappa shape index (κ1) is 17.8. The molecule has 1 aromatic heterocycles. The van der Waals surface area contributed by atoms with Crippen molar-refractivity contribution in [3.05, 3.63) is 56.7 Å². The summed E-state index contributed by atoms with van der Waals surface area (Å²) in [4.78, 5) is 15.9. The van der Waals surface area contributed by atoms with Crippen LogP contribution in [-0.4, -0.2) is 36.2 Å². The minimum absolute atomic E-state index is 0.107. The number of carbonyl (C=O) groups excluding carboxylic acids is 1. The van der Waals surface area contributed by atoms with Gasteiger partial charge in [0, 0.05) is 41.8 Å². The highest BCUT2D eigenvalue weighted by molar-refractivity contribution is 7.99. The van der Waals surface area contributed by atoms with E-state index >= 15 is 0 Å². The maximum atomic E-state index is 11.9. The highest BCUT2D eigenvalue weighted by Gasteiger charge is 2.16. The molecule has 0 saturated carbocycles. The molecule has 2 aromatic rings. The van der Waals surface area contributed by atoms with E-state index in [0.717, 1.165) is 48.9 Å². The molecular weight excluding hydrogens is 360 g/mol. The van der Waals surface area contributed by atoms with Gasteiger partial charge in [-0.15, -0.1) is 23.1 Å². The van der Waals surface area contributed by atoms with Crippen LogP contribution >= 0.6 is 34.7 Å². The van der Waals surface area contributed by atoms with Gasteiger partial charge in [-0.1, -0.05) is 23.7 Å². The molecule has 128 valence electrons. The van der Waals surface area contributed by atoms with Crippen molar-refractivity contribution in [2.75, 3.05) is 25.4 Å². The van der Waals surface area contributed by atoms with Crippen molar-refractivity contribution in [3.63, 3.8) is 0 Å². The Morgan fingerprint density at radius 2 is 2.29 bits per heavy atom. The van der Waals surface area contributed by atoms with Gasteiger partial charge < -0.3 is 5.32 Å². The number of fused-ring (bicyclic) bond motifs is 1. The molecule has 2 heterocycles. The molecule has 0 spiro atoms. The van der Waals surface area contributed by atoms with E-state index in [-0.39, 0.29) is 5.91 Å². The van der Waals surface area contributed by atoms with E-state index in [1.165, 1.54) is 10.4 Å². The fourth-order valence-electron chi connectivity index (χ4n) is 2.79. The molecule has 1 aliphatic rings. The fourth-order valence-corrected chi connectivity index (χ4v) is 4.70. The number of nitrogens with one attached hydrogen (secondary N) is 1. The fraction of sp³-hybridized carbons (Fsp3) is 0.389. The molecule has 3 rings (SSSR count). The van der Waals surface area contributed by atoms with Crippen molar-refractivity contribution >= 4 is 40.6 Å². The number of nitrogens with zero attached hydrogens (tertiary/aromatic N) is 1. The number of amides is 1. The lowest BCUT2D eigenvalue weighted by Gasteiger charge is -2.26. The molecular formula is C18H21ClN2OS2. The third-order valence-corrected chi connectivity index (χ3v) is 6.29. The van der Waals surface area contributed by atoms with Crippen molar-refractivity contribution in [2.45, 2.75) is 18.7 Å². The highest BCUT2D eigenvalue weighted by Crippen LogP contribution is 2.23. The number of hydrogen-bond acceptors (Lipinski definition) is 4. The molecule has 0 unspecified atom stereocenters. The number of carbonyl (C=O) groups is 1. The lowest BCUT2D eigenvalue weighted by Crippen LogP contribution is -2.37. The van der Waals surface area contributed by atoms with E-state index in [0.29, 0.717) is 5.75 Å². The molecule has 0 aliphatic carbocycles. The van der Waals surface area contributed by atoms with E-state index < -0.39 is 0 Å². The summed E-state index contributed by atoms with van der Waals surface area (Å²) in [6.07, 6.45) is 1.14. The number of benzene rings is 1. The van der Waals surface area contributed by atoms with E-state index in [1.807, 2.05) is 35.6 Å². The van der Waals surface area contributed by atoms with E-state index in [4.69, 9.17) is 11.6 Å². The van der Waals surface area contributed by atoms with E-state index in [1.54, 1.807) is 11.8 Å². The molecule has 24 heavy (non-hydrogen) atoms. The number of thioether (sulfide) groups is 1. The SMILES string of the molecule is O=C(CSCc1cccc(Cl)c1)NCCN1CCc2sccc2C1. The van der Waals surface area contributed by atoms with Crippen LogP contribution in [0.25, 0.3) is 0 Å². The van der Waals surface area contributed by atoms with Gasteiger partial charge in [0.15, 0.2) is 0 Å². The van der Waals surface area contributed by atoms with E-state index in [9.17, 15) is 4.79 Å². The molecule has 1 aliphatic heterocycles. The number of hydrogen-bond donors (Lipinski definition) is 1. The van der Waals surface area contributed by atoms with Crippen LogP contribution in [0.3, 0.4) is 0 Å². The maximum absolute atomic E-state index is 11.9. The molecule has 0 saturated heterocycles. The summed E-state index contributed by atoms with van der Waals surface area (Å²) in [5.41, 5.74) is 2.61. The molecule has 6 heteroatoms. The molecule has 3 nitrogen and oxygen atoms in total. The van der Waals surface area contributed by atoms with Crippen LogP contribution < -0.4 is 5.32 Å². The lowest BCUT2D eigenvalue weighted by atomic mass is 10.1. The first-order chi connectivity index (χ1) is 11.7. The first-order valence-corrected chi connectivity index (χ1v) is 10.5. The molecule has 1 aromatic carbocycles. The summed E-state index contributed by atoms with van der Waals surface area (Å²) >= 11 is 9.44. The van der Waals surface area contributed by atoms with Gasteiger partial charge in [-0.2, -0.15) is 0 Å². The molecule has 0 bridgehead atoms. The Labute approximate surface area is 156 Å². The Bertz CT molecular complexity index is 689. The predicted molar refractivity (Wildman–Crippen MR) is 104 cm³/mol. The zero-order chi connectivity index (χ0) is 16.8. The van der Waals surface area contributed by atoms with Crippen LogP contribution in [-0.2, 0) is 23.5 Å². The Kier molecular flexibility index (Phi) is 6.60. The van der Waals surface area contributed by atoms with Crippen molar-refractivity contribution in [3.8, 4) is 0 Å². The third kappa shape index (κ3) is 5.24. The summed E-state index contributed by atoms with van der Waals surface area (Å²) in [6.45, 7) is 3.74. The quantitative estimate of drug-likeness (QED) is 0.792. The average Bonchev–Trinajstić information content (AvgIpc) is 3.03. The monoisotopic (exact) mass is 380 g/mol. The Balaban J connectivity index is 1.30. The highest BCUT2D eigenvalue weighted by atomic mass is 35.5. The second-order valence-electron chi connectivity index (χ2n) is 5.87. The molecule has 0 radical (unpaired) electrons. The molecule has 0 atom stereocenters. The van der Waals surface area contributed by atoms with Gasteiger partial charge in [-0.25, -0.2) is 0 Å². The van der Waals surface area contributed by atoms with Gasteiger partial charge >= 0.3 is 0 Å². The average molecular weight is 381 g/mol. The van der Waals surface area contributed by atoms with Gasteiger partial charge in [0.25, 0.3) is 0 Å². The van der Waals surface area contributed by atoms with Crippen molar-refractivity contribution in [2.24, 2.45) is 0 Å². The summed E-state index contributed by atoms with van der Waals surface area (Å²) in [7, 11) is 0. The second kappa shape index (κ2) is 8.90. The molecule has 1 N–H and O–H groups in total. The summed E-state index contributed by atoms with van der Waals surface area (Å²) in [5.74, 6) is 1.40. The van der Waals surface area contributed by atoms with Gasteiger partial charge in [0.1, 0.15) is 0 Å². The number of halogens is 1.